The first kappa shape index (κ1) is 10.4. The lowest BCUT2D eigenvalue weighted by atomic mass is 10.5. The fraction of sp³-hybridized carbons (Fsp3) is 0.750. The fourth-order valence-electron chi connectivity index (χ4n) is 0.261. The Morgan fingerprint density at radius 2 is 1.90 bits per heavy atom. The first-order chi connectivity index (χ1) is 4.19. The maximum Gasteiger partial charge on any atom is 0.256 e. The highest BCUT2D eigenvalue weighted by Gasteiger charge is 2.40. The summed E-state index contributed by atoms with van der Waals surface area (Å²) in [5, 5.41) is 0. The summed E-state index contributed by atoms with van der Waals surface area (Å²) in [4.78, 5) is 10.6. The Kier molecular flexibility index (Phi) is 2.90. The molecule has 0 aromatic rings. The van der Waals surface area contributed by atoms with Crippen LogP contribution in [0.1, 0.15) is 6.92 Å². The molecule has 0 saturated heterocycles. The van der Waals surface area contributed by atoms with E-state index in [2.05, 4.69) is 15.9 Å². The fourth-order valence-corrected chi connectivity index (χ4v) is 0.783. The number of alkyl halides is 2. The summed E-state index contributed by atoms with van der Waals surface area (Å²) in [5.74, 6) is -0.642. The van der Waals surface area contributed by atoms with E-state index < -0.39 is 18.7 Å². The molecule has 0 aromatic heterocycles. The Bertz CT molecular complexity index is 243. The van der Waals surface area contributed by atoms with E-state index in [-0.39, 0.29) is 0 Å². The SMILES string of the molecule is CC(=O)[C@](Cl)(Br)S(C)(=O)=O. The number of hydrogen-bond acceptors (Lipinski definition) is 3. The van der Waals surface area contributed by atoms with E-state index in [0.29, 0.717) is 0 Å². The van der Waals surface area contributed by atoms with Crippen molar-refractivity contribution >= 4 is 43.2 Å². The largest absolute Gasteiger partial charge is 0.296 e. The number of carbonyl (C=O) groups is 1. The predicted molar refractivity (Wildman–Crippen MR) is 43.0 cm³/mol. The van der Waals surface area contributed by atoms with E-state index in [4.69, 9.17) is 11.6 Å². The highest BCUT2D eigenvalue weighted by atomic mass is 79.9. The zero-order valence-electron chi connectivity index (χ0n) is 5.39. The third-order valence-electron chi connectivity index (χ3n) is 0.876. The van der Waals surface area contributed by atoms with Crippen molar-refractivity contribution in [3.05, 3.63) is 0 Å². The van der Waals surface area contributed by atoms with Gasteiger partial charge in [0.1, 0.15) is 0 Å². The van der Waals surface area contributed by atoms with E-state index in [0.717, 1.165) is 13.2 Å². The zero-order valence-corrected chi connectivity index (χ0v) is 8.55. The molecule has 0 amide bonds. The number of rotatable bonds is 2. The topological polar surface area (TPSA) is 51.2 Å². The molecular weight excluding hydrogens is 243 g/mol. The van der Waals surface area contributed by atoms with Gasteiger partial charge in [-0.05, 0) is 22.9 Å². The van der Waals surface area contributed by atoms with Crippen molar-refractivity contribution in [1.29, 1.82) is 0 Å². The molecule has 0 aliphatic carbocycles. The van der Waals surface area contributed by atoms with Crippen LogP contribution in [0.3, 0.4) is 0 Å². The Balaban J connectivity index is 4.95. The van der Waals surface area contributed by atoms with Crippen LogP contribution < -0.4 is 0 Å². The van der Waals surface area contributed by atoms with Crippen LogP contribution in [0.4, 0.5) is 0 Å². The minimum Gasteiger partial charge on any atom is -0.296 e. The molecule has 0 saturated carbocycles. The molecule has 0 unspecified atom stereocenters. The number of halogens is 2. The second-order valence-corrected chi connectivity index (χ2v) is 6.96. The minimum absolute atomic E-state index is 0.642. The van der Waals surface area contributed by atoms with Crippen molar-refractivity contribution in [2.75, 3.05) is 6.26 Å². The Hall–Kier alpha value is 0.390. The third-order valence-corrected chi connectivity index (χ3v) is 5.52. The van der Waals surface area contributed by atoms with Gasteiger partial charge in [0, 0.05) is 6.26 Å². The molecule has 1 atom stereocenters. The summed E-state index contributed by atoms with van der Waals surface area (Å²) in [6.45, 7) is 1.10. The molecule has 0 aliphatic heterocycles. The van der Waals surface area contributed by atoms with Crippen LogP contribution in [0.25, 0.3) is 0 Å². The van der Waals surface area contributed by atoms with Crippen LogP contribution in [0.5, 0.6) is 0 Å². The van der Waals surface area contributed by atoms with Crippen LogP contribution in [-0.4, -0.2) is 23.6 Å². The maximum atomic E-state index is 10.7. The van der Waals surface area contributed by atoms with Crippen LogP contribution in [0.15, 0.2) is 0 Å². The van der Waals surface area contributed by atoms with Gasteiger partial charge in [-0.25, -0.2) is 8.42 Å². The molecule has 0 N–H and O–H groups in total. The van der Waals surface area contributed by atoms with E-state index >= 15 is 0 Å². The van der Waals surface area contributed by atoms with Crippen molar-refractivity contribution in [3.8, 4) is 0 Å². The van der Waals surface area contributed by atoms with Gasteiger partial charge < -0.3 is 0 Å². The number of Topliss-reactive ketones (excluding diaryl/α,β-unsaturated/α-hetero) is 1. The number of sulfone groups is 1. The zero-order chi connectivity index (χ0) is 8.58. The Labute approximate surface area is 72.8 Å². The molecule has 3 nitrogen and oxygen atoms in total. The predicted octanol–water partition coefficient (Wildman–Crippen LogP) is 0.908. The molecule has 0 fully saturated rings. The molecule has 0 heterocycles. The highest BCUT2D eigenvalue weighted by molar-refractivity contribution is 9.12. The molecule has 0 rings (SSSR count). The summed E-state index contributed by atoms with van der Waals surface area (Å²) in [7, 11) is -3.57. The van der Waals surface area contributed by atoms with Crippen molar-refractivity contribution in [2.45, 2.75) is 10.0 Å². The summed E-state index contributed by atoms with van der Waals surface area (Å²) >= 11 is 7.92. The second kappa shape index (κ2) is 2.79. The van der Waals surface area contributed by atoms with Crippen LogP contribution >= 0.6 is 27.5 Å². The van der Waals surface area contributed by atoms with Crippen molar-refractivity contribution in [3.63, 3.8) is 0 Å². The van der Waals surface area contributed by atoms with E-state index in [9.17, 15) is 13.2 Å². The summed E-state index contributed by atoms with van der Waals surface area (Å²) in [6, 6.07) is 0. The minimum atomic E-state index is -3.57. The van der Waals surface area contributed by atoms with Gasteiger partial charge in [-0.1, -0.05) is 11.6 Å². The van der Waals surface area contributed by atoms with Crippen molar-refractivity contribution in [2.24, 2.45) is 0 Å². The third kappa shape index (κ3) is 1.93. The first-order valence-corrected chi connectivity index (χ1v) is 5.34. The molecule has 0 aliphatic rings. The summed E-state index contributed by atoms with van der Waals surface area (Å²) in [5.41, 5.74) is 0. The Morgan fingerprint density at radius 1 is 1.60 bits per heavy atom. The van der Waals surface area contributed by atoms with E-state index in [1.54, 1.807) is 0 Å². The van der Waals surface area contributed by atoms with Crippen molar-refractivity contribution in [1.82, 2.24) is 0 Å². The Morgan fingerprint density at radius 3 is 1.90 bits per heavy atom. The lowest BCUT2D eigenvalue weighted by molar-refractivity contribution is -0.115. The second-order valence-electron chi connectivity index (χ2n) is 1.85. The molecule has 0 radical (unpaired) electrons. The molecule has 10 heavy (non-hydrogen) atoms. The van der Waals surface area contributed by atoms with Gasteiger partial charge in [-0.15, -0.1) is 0 Å². The monoisotopic (exact) mass is 248 g/mol. The summed E-state index contributed by atoms with van der Waals surface area (Å²) in [6.07, 6.45) is 0.885. The lowest BCUT2D eigenvalue weighted by Gasteiger charge is -2.12. The van der Waals surface area contributed by atoms with Gasteiger partial charge >= 0.3 is 0 Å². The molecule has 0 spiro atoms. The van der Waals surface area contributed by atoms with Gasteiger partial charge in [-0.3, -0.25) is 4.79 Å². The van der Waals surface area contributed by atoms with Gasteiger partial charge in [0.2, 0.25) is 0 Å². The molecule has 0 aromatic carbocycles. The number of hydrogen-bond donors (Lipinski definition) is 0. The van der Waals surface area contributed by atoms with E-state index in [1.165, 1.54) is 0 Å². The standard InChI is InChI=1S/C4H6BrClO3S/c1-3(7)4(5,6)10(2,8)9/h1-2H3/t4-/m1/s1. The quantitative estimate of drug-likeness (QED) is 0.684. The van der Waals surface area contributed by atoms with E-state index in [1.807, 2.05) is 0 Å². The smallest absolute Gasteiger partial charge is 0.256 e. The molecule has 0 bridgehead atoms. The van der Waals surface area contributed by atoms with Crippen molar-refractivity contribution < 1.29 is 13.2 Å². The highest BCUT2D eigenvalue weighted by Crippen LogP contribution is 2.30. The van der Waals surface area contributed by atoms with Gasteiger partial charge in [-0.2, -0.15) is 0 Å². The van der Waals surface area contributed by atoms with Crippen LogP contribution in [-0.2, 0) is 14.6 Å². The molecule has 60 valence electrons. The van der Waals surface area contributed by atoms with Gasteiger partial charge in [0.25, 0.3) is 3.12 Å². The van der Waals surface area contributed by atoms with Gasteiger partial charge in [0.05, 0.1) is 0 Å². The first-order valence-electron chi connectivity index (χ1n) is 2.28. The van der Waals surface area contributed by atoms with Crippen LogP contribution in [0.2, 0.25) is 0 Å². The normalized spacial score (nSPS) is 18.0. The average molecular weight is 250 g/mol. The number of ketones is 1. The van der Waals surface area contributed by atoms with Crippen LogP contribution in [0, 0.1) is 0 Å². The van der Waals surface area contributed by atoms with Gasteiger partial charge in [0.15, 0.2) is 15.6 Å². The average Bonchev–Trinajstić information content (AvgIpc) is 1.62. The molecule has 6 heteroatoms. The summed E-state index contributed by atoms with van der Waals surface area (Å²) < 4.78 is 19.4. The lowest BCUT2D eigenvalue weighted by Crippen LogP contribution is -2.32. The maximum absolute atomic E-state index is 10.7. The number of carbonyl (C=O) groups excluding carboxylic acids is 1. The molecular formula is C4H6BrClO3S.